The lowest BCUT2D eigenvalue weighted by Crippen LogP contribution is -2.27. The van der Waals surface area contributed by atoms with Gasteiger partial charge in [0, 0.05) is 19.5 Å². The van der Waals surface area contributed by atoms with Crippen molar-refractivity contribution in [2.45, 2.75) is 25.4 Å². The van der Waals surface area contributed by atoms with E-state index >= 15 is 0 Å². The standard InChI is InChI=1S/C20H21N3O3S/c24-20(17-7-4-12-27-17)23-10-8-16(13-23)19-21-18(22-26-19)9-11-25-14-15-5-2-1-3-6-15/h1-7,12,16H,8-11,13-14H2. The summed E-state index contributed by atoms with van der Waals surface area (Å²) in [6.07, 6.45) is 1.46. The summed E-state index contributed by atoms with van der Waals surface area (Å²) in [7, 11) is 0. The average molecular weight is 383 g/mol. The molecule has 3 aromatic rings. The number of ether oxygens (including phenoxy) is 1. The van der Waals surface area contributed by atoms with Crippen molar-refractivity contribution in [1.29, 1.82) is 0 Å². The summed E-state index contributed by atoms with van der Waals surface area (Å²) in [6.45, 7) is 2.47. The number of rotatable bonds is 7. The number of likely N-dealkylation sites (tertiary alicyclic amines) is 1. The molecule has 0 aliphatic carbocycles. The summed E-state index contributed by atoms with van der Waals surface area (Å²) >= 11 is 1.47. The van der Waals surface area contributed by atoms with Gasteiger partial charge in [-0.15, -0.1) is 11.3 Å². The van der Waals surface area contributed by atoms with E-state index in [9.17, 15) is 4.79 Å². The molecule has 1 aliphatic heterocycles. The summed E-state index contributed by atoms with van der Waals surface area (Å²) in [6, 6.07) is 13.8. The van der Waals surface area contributed by atoms with Crippen LogP contribution in [0.1, 0.15) is 39.3 Å². The van der Waals surface area contributed by atoms with Crippen molar-refractivity contribution >= 4 is 17.2 Å². The normalized spacial score (nSPS) is 16.7. The molecular weight excluding hydrogens is 362 g/mol. The minimum absolute atomic E-state index is 0.0848. The zero-order chi connectivity index (χ0) is 18.5. The van der Waals surface area contributed by atoms with Crippen LogP contribution < -0.4 is 0 Å². The van der Waals surface area contributed by atoms with Crippen LogP contribution >= 0.6 is 11.3 Å². The molecule has 4 rings (SSSR count). The fraction of sp³-hybridized carbons (Fsp3) is 0.350. The number of thiophene rings is 1. The Bertz CT molecular complexity index is 864. The molecule has 2 aromatic heterocycles. The first-order chi connectivity index (χ1) is 13.3. The quantitative estimate of drug-likeness (QED) is 0.584. The van der Waals surface area contributed by atoms with Crippen LogP contribution in [0.15, 0.2) is 52.4 Å². The maximum atomic E-state index is 12.4. The lowest BCUT2D eigenvalue weighted by Gasteiger charge is -2.14. The van der Waals surface area contributed by atoms with E-state index in [1.54, 1.807) is 0 Å². The highest BCUT2D eigenvalue weighted by atomic mass is 32.1. The molecule has 3 heterocycles. The van der Waals surface area contributed by atoms with Crippen LogP contribution in [-0.2, 0) is 17.8 Å². The van der Waals surface area contributed by atoms with Crippen molar-refractivity contribution < 1.29 is 14.1 Å². The number of amides is 1. The van der Waals surface area contributed by atoms with Crippen molar-refractivity contribution in [2.24, 2.45) is 0 Å². The average Bonchev–Trinajstić information content (AvgIpc) is 3.47. The second-order valence-electron chi connectivity index (χ2n) is 6.55. The van der Waals surface area contributed by atoms with Gasteiger partial charge >= 0.3 is 0 Å². The Hall–Kier alpha value is -2.51. The Morgan fingerprint density at radius 2 is 2.15 bits per heavy atom. The van der Waals surface area contributed by atoms with E-state index in [0.29, 0.717) is 37.9 Å². The maximum absolute atomic E-state index is 12.4. The smallest absolute Gasteiger partial charge is 0.263 e. The molecule has 1 saturated heterocycles. The molecule has 1 aliphatic rings. The van der Waals surface area contributed by atoms with Crippen molar-refractivity contribution in [3.05, 3.63) is 70.0 Å². The summed E-state index contributed by atoms with van der Waals surface area (Å²) in [5, 5.41) is 5.98. The van der Waals surface area contributed by atoms with Gasteiger partial charge in [-0.05, 0) is 23.4 Å². The van der Waals surface area contributed by atoms with Crippen LogP contribution in [0, 0.1) is 0 Å². The van der Waals surface area contributed by atoms with Gasteiger partial charge in [-0.3, -0.25) is 4.79 Å². The molecule has 6 nitrogen and oxygen atoms in total. The van der Waals surface area contributed by atoms with Gasteiger partial charge in [0.2, 0.25) is 5.89 Å². The van der Waals surface area contributed by atoms with Crippen LogP contribution in [0.25, 0.3) is 0 Å². The minimum atomic E-state index is 0.0848. The number of hydrogen-bond donors (Lipinski definition) is 0. The predicted octanol–water partition coefficient (Wildman–Crippen LogP) is 3.52. The third-order valence-corrected chi connectivity index (χ3v) is 5.48. The number of benzene rings is 1. The van der Waals surface area contributed by atoms with E-state index in [0.717, 1.165) is 23.4 Å². The van der Waals surface area contributed by atoms with Crippen LogP contribution in [0.2, 0.25) is 0 Å². The van der Waals surface area contributed by atoms with E-state index in [-0.39, 0.29) is 11.8 Å². The van der Waals surface area contributed by atoms with Gasteiger partial charge in [-0.25, -0.2) is 0 Å². The van der Waals surface area contributed by atoms with Crippen molar-refractivity contribution in [3.8, 4) is 0 Å². The Balaban J connectivity index is 1.25. The lowest BCUT2D eigenvalue weighted by molar-refractivity contribution is 0.0794. The molecule has 1 unspecified atom stereocenters. The number of nitrogens with zero attached hydrogens (tertiary/aromatic N) is 3. The SMILES string of the molecule is O=C(c1cccs1)N1CCC(c2nc(CCOCc3ccccc3)no2)C1. The number of hydrogen-bond acceptors (Lipinski definition) is 6. The highest BCUT2D eigenvalue weighted by molar-refractivity contribution is 7.12. The van der Waals surface area contributed by atoms with Gasteiger partial charge < -0.3 is 14.2 Å². The molecule has 7 heteroatoms. The number of carbonyl (C=O) groups is 1. The zero-order valence-corrected chi connectivity index (χ0v) is 15.7. The van der Waals surface area contributed by atoms with Crippen molar-refractivity contribution in [1.82, 2.24) is 15.0 Å². The molecule has 1 aromatic carbocycles. The Morgan fingerprint density at radius 1 is 1.26 bits per heavy atom. The Morgan fingerprint density at radius 3 is 2.96 bits per heavy atom. The van der Waals surface area contributed by atoms with E-state index in [4.69, 9.17) is 9.26 Å². The highest BCUT2D eigenvalue weighted by Gasteiger charge is 2.31. The Labute approximate surface area is 161 Å². The van der Waals surface area contributed by atoms with Gasteiger partial charge in [0.1, 0.15) is 0 Å². The summed E-state index contributed by atoms with van der Waals surface area (Å²) in [5.74, 6) is 1.47. The molecule has 0 spiro atoms. The van der Waals surface area contributed by atoms with Crippen molar-refractivity contribution in [2.75, 3.05) is 19.7 Å². The molecule has 0 radical (unpaired) electrons. The highest BCUT2D eigenvalue weighted by Crippen LogP contribution is 2.27. The summed E-state index contributed by atoms with van der Waals surface area (Å²) in [4.78, 5) is 19.6. The van der Waals surface area contributed by atoms with Crippen LogP contribution in [0.5, 0.6) is 0 Å². The third-order valence-electron chi connectivity index (χ3n) is 4.62. The largest absolute Gasteiger partial charge is 0.376 e. The summed E-state index contributed by atoms with van der Waals surface area (Å²) in [5.41, 5.74) is 1.15. The molecule has 1 fully saturated rings. The minimum Gasteiger partial charge on any atom is -0.376 e. The van der Waals surface area contributed by atoms with E-state index in [2.05, 4.69) is 10.1 Å². The van der Waals surface area contributed by atoms with Crippen LogP contribution in [0.4, 0.5) is 0 Å². The molecule has 140 valence electrons. The zero-order valence-electron chi connectivity index (χ0n) is 14.9. The van der Waals surface area contributed by atoms with E-state index < -0.39 is 0 Å². The first-order valence-electron chi connectivity index (χ1n) is 9.06. The van der Waals surface area contributed by atoms with Crippen molar-refractivity contribution in [3.63, 3.8) is 0 Å². The van der Waals surface area contributed by atoms with Gasteiger partial charge in [-0.1, -0.05) is 41.6 Å². The van der Waals surface area contributed by atoms with Crippen LogP contribution in [-0.4, -0.2) is 40.6 Å². The number of carbonyl (C=O) groups excluding carboxylic acids is 1. The predicted molar refractivity (Wildman–Crippen MR) is 102 cm³/mol. The van der Waals surface area contributed by atoms with E-state index in [1.165, 1.54) is 11.3 Å². The van der Waals surface area contributed by atoms with Gasteiger partial charge in [0.15, 0.2) is 5.82 Å². The lowest BCUT2D eigenvalue weighted by atomic mass is 10.1. The molecule has 27 heavy (non-hydrogen) atoms. The first-order valence-corrected chi connectivity index (χ1v) is 9.94. The molecule has 1 amide bonds. The first kappa shape index (κ1) is 17.9. The molecular formula is C20H21N3O3S. The molecule has 0 N–H and O–H groups in total. The van der Waals surface area contributed by atoms with Gasteiger partial charge in [0.25, 0.3) is 5.91 Å². The van der Waals surface area contributed by atoms with Crippen LogP contribution in [0.3, 0.4) is 0 Å². The fourth-order valence-electron chi connectivity index (χ4n) is 3.16. The van der Waals surface area contributed by atoms with Gasteiger partial charge in [-0.2, -0.15) is 4.98 Å². The Kier molecular flexibility index (Phi) is 5.60. The summed E-state index contributed by atoms with van der Waals surface area (Å²) < 4.78 is 11.1. The molecule has 1 atom stereocenters. The van der Waals surface area contributed by atoms with E-state index in [1.807, 2.05) is 52.7 Å². The second kappa shape index (κ2) is 8.45. The van der Waals surface area contributed by atoms with Gasteiger partial charge in [0.05, 0.1) is 24.0 Å². The topological polar surface area (TPSA) is 68.5 Å². The maximum Gasteiger partial charge on any atom is 0.263 e. The third kappa shape index (κ3) is 4.43. The molecule has 0 saturated carbocycles. The monoisotopic (exact) mass is 383 g/mol. The second-order valence-corrected chi connectivity index (χ2v) is 7.50. The molecule has 0 bridgehead atoms. The fourth-order valence-corrected chi connectivity index (χ4v) is 3.86. The number of aromatic nitrogens is 2.